The molecule has 0 radical (unpaired) electrons. The molecule has 0 saturated heterocycles. The SMILES string of the molecule is N[C@H]1C=C(C(=O)[O-])CC1(F)F. The molecule has 0 bridgehead atoms. The average Bonchev–Trinajstić information content (AvgIpc) is 2.08. The van der Waals surface area contributed by atoms with E-state index in [1.807, 2.05) is 0 Å². The molecule has 62 valence electrons. The zero-order valence-corrected chi connectivity index (χ0v) is 5.51. The molecule has 0 aromatic heterocycles. The standard InChI is InChI=1S/C6H7F2NO2/c7-6(8)2-3(5(10)11)1-4(6)9/h1,4H,2,9H2,(H,10,11)/p-1/t4-/m0/s1. The Kier molecular flexibility index (Phi) is 1.67. The highest BCUT2D eigenvalue weighted by atomic mass is 19.3. The first kappa shape index (κ1) is 8.13. The molecule has 0 heterocycles. The summed E-state index contributed by atoms with van der Waals surface area (Å²) in [5.74, 6) is -4.70. The van der Waals surface area contributed by atoms with E-state index < -0.39 is 29.9 Å². The van der Waals surface area contributed by atoms with Crippen LogP contribution < -0.4 is 10.8 Å². The van der Waals surface area contributed by atoms with Gasteiger partial charge in [0, 0.05) is 6.42 Å². The molecule has 11 heavy (non-hydrogen) atoms. The van der Waals surface area contributed by atoms with Crippen LogP contribution in [0.5, 0.6) is 0 Å². The molecule has 1 atom stereocenters. The third kappa shape index (κ3) is 1.37. The summed E-state index contributed by atoms with van der Waals surface area (Å²) >= 11 is 0. The summed E-state index contributed by atoms with van der Waals surface area (Å²) in [4.78, 5) is 10.1. The maximum absolute atomic E-state index is 12.5. The minimum Gasteiger partial charge on any atom is -0.545 e. The molecule has 0 unspecified atom stereocenters. The molecule has 1 rings (SSSR count). The summed E-state index contributed by atoms with van der Waals surface area (Å²) in [6, 6.07) is -1.49. The van der Waals surface area contributed by atoms with E-state index in [0.29, 0.717) is 0 Å². The van der Waals surface area contributed by atoms with Gasteiger partial charge in [0.25, 0.3) is 5.92 Å². The molecule has 3 nitrogen and oxygen atoms in total. The van der Waals surface area contributed by atoms with Gasteiger partial charge in [0.15, 0.2) is 0 Å². The molecule has 1 aliphatic carbocycles. The van der Waals surface area contributed by atoms with Gasteiger partial charge in [0.2, 0.25) is 0 Å². The fourth-order valence-corrected chi connectivity index (χ4v) is 0.910. The fraction of sp³-hybridized carbons (Fsp3) is 0.500. The smallest absolute Gasteiger partial charge is 0.270 e. The predicted octanol–water partition coefficient (Wildman–Crippen LogP) is -0.971. The van der Waals surface area contributed by atoms with Gasteiger partial charge in [-0.25, -0.2) is 8.78 Å². The molecule has 0 spiro atoms. The molecule has 0 aromatic carbocycles. The lowest BCUT2D eigenvalue weighted by atomic mass is 10.2. The number of carbonyl (C=O) groups excluding carboxylic acids is 1. The molecule has 0 fully saturated rings. The minimum absolute atomic E-state index is 0.414. The Bertz CT molecular complexity index is 225. The maximum atomic E-state index is 12.5. The van der Waals surface area contributed by atoms with Gasteiger partial charge in [-0.2, -0.15) is 0 Å². The maximum Gasteiger partial charge on any atom is 0.270 e. The van der Waals surface area contributed by atoms with Crippen LogP contribution in [0.2, 0.25) is 0 Å². The van der Waals surface area contributed by atoms with Crippen LogP contribution in [0.3, 0.4) is 0 Å². The number of hydrogen-bond acceptors (Lipinski definition) is 3. The summed E-state index contributed by atoms with van der Waals surface area (Å²) in [7, 11) is 0. The fourth-order valence-electron chi connectivity index (χ4n) is 0.910. The van der Waals surface area contributed by atoms with Crippen LogP contribution >= 0.6 is 0 Å². The van der Waals surface area contributed by atoms with Crippen LogP contribution in [-0.2, 0) is 4.79 Å². The molecule has 0 aromatic rings. The summed E-state index contributed by atoms with van der Waals surface area (Å²) in [5, 5.41) is 10.1. The highest BCUT2D eigenvalue weighted by molar-refractivity contribution is 5.85. The van der Waals surface area contributed by atoms with Gasteiger partial charge in [0.1, 0.15) is 0 Å². The van der Waals surface area contributed by atoms with Crippen molar-refractivity contribution < 1.29 is 18.7 Å². The Hall–Kier alpha value is -0.970. The van der Waals surface area contributed by atoms with Gasteiger partial charge in [0.05, 0.1) is 12.0 Å². The van der Waals surface area contributed by atoms with Crippen molar-refractivity contribution in [3.8, 4) is 0 Å². The third-order valence-electron chi connectivity index (χ3n) is 1.56. The van der Waals surface area contributed by atoms with Crippen molar-refractivity contribution in [2.24, 2.45) is 5.73 Å². The molecular formula is C6H6F2NO2-. The average molecular weight is 162 g/mol. The van der Waals surface area contributed by atoms with Crippen molar-refractivity contribution in [1.29, 1.82) is 0 Å². The first-order chi connectivity index (χ1) is 4.93. The van der Waals surface area contributed by atoms with E-state index in [4.69, 9.17) is 5.73 Å². The second-order valence-electron chi connectivity index (χ2n) is 2.44. The van der Waals surface area contributed by atoms with Crippen LogP contribution in [0, 0.1) is 0 Å². The Labute approximate surface area is 61.5 Å². The van der Waals surface area contributed by atoms with Crippen molar-refractivity contribution in [1.82, 2.24) is 0 Å². The zero-order chi connectivity index (χ0) is 8.65. The topological polar surface area (TPSA) is 66.2 Å². The number of carboxylic acids is 1. The molecule has 0 amide bonds. The highest BCUT2D eigenvalue weighted by Gasteiger charge is 2.41. The lowest BCUT2D eigenvalue weighted by Crippen LogP contribution is -2.35. The van der Waals surface area contributed by atoms with Crippen LogP contribution in [0.1, 0.15) is 6.42 Å². The number of rotatable bonds is 1. The molecule has 0 saturated carbocycles. The van der Waals surface area contributed by atoms with Crippen molar-refractivity contribution >= 4 is 5.97 Å². The molecule has 1 aliphatic rings. The number of aliphatic carboxylic acids is 1. The Morgan fingerprint density at radius 1 is 1.82 bits per heavy atom. The van der Waals surface area contributed by atoms with Crippen LogP contribution in [0.4, 0.5) is 8.78 Å². The number of nitrogens with two attached hydrogens (primary N) is 1. The van der Waals surface area contributed by atoms with Gasteiger partial charge in [-0.3, -0.25) is 0 Å². The number of carboxylic acid groups (broad SMARTS) is 1. The largest absolute Gasteiger partial charge is 0.545 e. The monoisotopic (exact) mass is 162 g/mol. The van der Waals surface area contributed by atoms with Gasteiger partial charge in [-0.15, -0.1) is 0 Å². The lowest BCUT2D eigenvalue weighted by molar-refractivity contribution is -0.299. The number of halogens is 2. The third-order valence-corrected chi connectivity index (χ3v) is 1.56. The first-order valence-electron chi connectivity index (χ1n) is 2.99. The highest BCUT2D eigenvalue weighted by Crippen LogP contribution is 2.32. The van der Waals surface area contributed by atoms with E-state index in [2.05, 4.69) is 0 Å². The number of hydrogen-bond donors (Lipinski definition) is 1. The van der Waals surface area contributed by atoms with Crippen molar-refractivity contribution in [3.63, 3.8) is 0 Å². The van der Waals surface area contributed by atoms with E-state index in [9.17, 15) is 18.7 Å². The Balaban J connectivity index is 2.79. The van der Waals surface area contributed by atoms with E-state index in [1.54, 1.807) is 0 Å². The van der Waals surface area contributed by atoms with Crippen molar-refractivity contribution in [2.45, 2.75) is 18.4 Å². The van der Waals surface area contributed by atoms with Crippen LogP contribution in [0.15, 0.2) is 11.6 Å². The quantitative estimate of drug-likeness (QED) is 0.539. The molecule has 0 aliphatic heterocycles. The van der Waals surface area contributed by atoms with E-state index >= 15 is 0 Å². The zero-order valence-electron chi connectivity index (χ0n) is 5.51. The van der Waals surface area contributed by atoms with Gasteiger partial charge < -0.3 is 15.6 Å². The van der Waals surface area contributed by atoms with Gasteiger partial charge in [-0.1, -0.05) is 6.08 Å². The van der Waals surface area contributed by atoms with E-state index in [-0.39, 0.29) is 0 Å². The first-order valence-corrected chi connectivity index (χ1v) is 2.99. The van der Waals surface area contributed by atoms with Gasteiger partial charge >= 0.3 is 0 Å². The van der Waals surface area contributed by atoms with E-state index in [1.165, 1.54) is 0 Å². The Morgan fingerprint density at radius 3 is 2.55 bits per heavy atom. The number of alkyl halides is 2. The summed E-state index contributed by atoms with van der Waals surface area (Å²) in [6.07, 6.45) is 0.00579. The normalized spacial score (nSPS) is 28.3. The second-order valence-corrected chi connectivity index (χ2v) is 2.44. The summed E-state index contributed by atoms with van der Waals surface area (Å²) < 4.78 is 25.0. The summed E-state index contributed by atoms with van der Waals surface area (Å²) in [5.41, 5.74) is 4.51. The number of carbonyl (C=O) groups is 1. The molecular weight excluding hydrogens is 156 g/mol. The lowest BCUT2D eigenvalue weighted by Gasteiger charge is -2.13. The minimum atomic E-state index is -3.13. The Morgan fingerprint density at radius 2 is 2.36 bits per heavy atom. The van der Waals surface area contributed by atoms with Crippen LogP contribution in [0.25, 0.3) is 0 Å². The van der Waals surface area contributed by atoms with E-state index in [0.717, 1.165) is 6.08 Å². The van der Waals surface area contributed by atoms with Crippen LogP contribution in [-0.4, -0.2) is 17.9 Å². The van der Waals surface area contributed by atoms with Gasteiger partial charge in [-0.05, 0) is 5.57 Å². The molecule has 2 N–H and O–H groups in total. The summed E-state index contributed by atoms with van der Waals surface area (Å²) in [6.45, 7) is 0. The molecule has 5 heteroatoms. The van der Waals surface area contributed by atoms with Crippen molar-refractivity contribution in [3.05, 3.63) is 11.6 Å². The van der Waals surface area contributed by atoms with Crippen molar-refractivity contribution in [2.75, 3.05) is 0 Å². The second kappa shape index (κ2) is 2.27. The predicted molar refractivity (Wildman–Crippen MR) is 30.6 cm³/mol.